The molecule has 0 aromatic heterocycles. The average Bonchev–Trinajstić information content (AvgIpc) is 2.02. The molecule has 0 bridgehead atoms. The van der Waals surface area contributed by atoms with E-state index < -0.39 is 0 Å². The molecule has 0 unspecified atom stereocenters. The van der Waals surface area contributed by atoms with Gasteiger partial charge in [-0.1, -0.05) is 41.0 Å². The molecule has 0 aromatic rings. The van der Waals surface area contributed by atoms with Crippen molar-refractivity contribution in [3.63, 3.8) is 0 Å². The molecule has 0 saturated carbocycles. The molecule has 0 saturated heterocycles. The smallest absolute Gasteiger partial charge is 0 e. The van der Waals surface area contributed by atoms with Crippen molar-refractivity contribution in [1.82, 2.24) is 0 Å². The Morgan fingerprint density at radius 1 is 1.13 bits per heavy atom. The van der Waals surface area contributed by atoms with Crippen LogP contribution in [0.2, 0.25) is 0 Å². The van der Waals surface area contributed by atoms with Crippen LogP contribution in [0.5, 0.6) is 0 Å². The monoisotopic (exact) mass is 288 g/mol. The van der Waals surface area contributed by atoms with Gasteiger partial charge in [0.25, 0.3) is 0 Å². The van der Waals surface area contributed by atoms with E-state index in [0.29, 0.717) is 5.41 Å². The summed E-state index contributed by atoms with van der Waals surface area (Å²) in [6, 6.07) is 0. The molecule has 0 aliphatic rings. The molecule has 1 radical (unpaired) electrons. The van der Waals surface area contributed by atoms with E-state index in [0.717, 1.165) is 6.42 Å². The van der Waals surface area contributed by atoms with Crippen molar-refractivity contribution < 1.29 is 32.7 Å². The number of hydrogen-bond donors (Lipinski definition) is 0. The molecule has 0 aliphatic heterocycles. The summed E-state index contributed by atoms with van der Waals surface area (Å²) in [5, 5.41) is 0. The van der Waals surface area contributed by atoms with Crippen LogP contribution in [-0.4, -0.2) is 6.72 Å². The van der Waals surface area contributed by atoms with Crippen LogP contribution in [0.25, 0.3) is 0 Å². The Labute approximate surface area is 123 Å². The molecule has 15 heavy (non-hydrogen) atoms. The van der Waals surface area contributed by atoms with Crippen LogP contribution in [-0.2, 0) is 32.7 Å². The molecule has 0 rings (SSSR count). The second-order valence-electron chi connectivity index (χ2n) is 4.63. The first-order chi connectivity index (χ1) is 6.29. The first-order valence-corrected chi connectivity index (χ1v) is 5.34. The zero-order valence-electron chi connectivity index (χ0n) is 12.0. The molecule has 1 nitrogen and oxygen atoms in total. The van der Waals surface area contributed by atoms with Crippen molar-refractivity contribution in [2.45, 2.75) is 61.8 Å². The van der Waals surface area contributed by atoms with Crippen LogP contribution in [0, 0.1) is 17.9 Å². The van der Waals surface area contributed by atoms with Crippen molar-refractivity contribution >= 4 is 6.72 Å². The van der Waals surface area contributed by atoms with Gasteiger partial charge < -0.3 is 10.9 Å². The summed E-state index contributed by atoms with van der Waals surface area (Å²) < 4.78 is 0. The van der Waals surface area contributed by atoms with E-state index >= 15 is 0 Å². The zero-order valence-corrected chi connectivity index (χ0v) is 14.9. The molecule has 0 fully saturated rings. The minimum atomic E-state index is 0. The molecule has 0 aliphatic carbocycles. The first-order valence-electron chi connectivity index (χ1n) is 5.34. The van der Waals surface area contributed by atoms with Gasteiger partial charge in [-0.2, -0.15) is 27.5 Å². The molecule has 0 aromatic carbocycles. The van der Waals surface area contributed by atoms with Gasteiger partial charge in [0, 0.05) is 32.7 Å². The van der Waals surface area contributed by atoms with Crippen LogP contribution >= 0.6 is 0 Å². The number of rotatable bonds is 2. The Hall–Kier alpha value is 0.644. The van der Waals surface area contributed by atoms with Gasteiger partial charge in [-0.25, -0.2) is 0 Å². The van der Waals surface area contributed by atoms with Crippen molar-refractivity contribution in [2.75, 3.05) is 0 Å². The van der Waals surface area contributed by atoms with E-state index in [4.69, 9.17) is 0 Å². The van der Waals surface area contributed by atoms with E-state index in [9.17, 15) is 0 Å². The predicted octanol–water partition coefficient (Wildman–Crippen LogP) is 4.93. The molecule has 0 atom stereocenters. The van der Waals surface area contributed by atoms with Gasteiger partial charge in [-0.3, -0.25) is 0 Å². The summed E-state index contributed by atoms with van der Waals surface area (Å²) >= 11 is 0. The third-order valence-corrected chi connectivity index (χ3v) is 0.833. The predicted molar refractivity (Wildman–Crippen MR) is 69.5 cm³/mol. The Balaban J connectivity index is -0.0000000742. The van der Waals surface area contributed by atoms with Crippen molar-refractivity contribution in [3.8, 4) is 0 Å². The van der Waals surface area contributed by atoms with Crippen LogP contribution < -0.4 is 0 Å². The van der Waals surface area contributed by atoms with Crippen LogP contribution in [0.4, 0.5) is 0 Å². The second kappa shape index (κ2) is 17.1. The third-order valence-electron chi connectivity index (χ3n) is 0.833. The molecular formula is C13H29NY-2. The quantitative estimate of drug-likeness (QED) is 0.504. The summed E-state index contributed by atoms with van der Waals surface area (Å²) in [6.07, 6.45) is 1.01. The maximum atomic E-state index is 3.65. The van der Waals surface area contributed by atoms with Crippen molar-refractivity contribution in [2.24, 2.45) is 10.4 Å². The summed E-state index contributed by atoms with van der Waals surface area (Å²) in [7, 11) is 0. The minimum absolute atomic E-state index is 0. The molecule has 2 heteroatoms. The Morgan fingerprint density at radius 3 is 1.47 bits per heavy atom. The van der Waals surface area contributed by atoms with Gasteiger partial charge in [-0.15, -0.1) is 6.54 Å². The van der Waals surface area contributed by atoms with Gasteiger partial charge in [0.2, 0.25) is 0 Å². The Bertz CT molecular complexity index is 101. The van der Waals surface area contributed by atoms with E-state index in [1.807, 2.05) is 20.4 Å². The summed E-state index contributed by atoms with van der Waals surface area (Å²) in [4.78, 5) is 3.65. The van der Waals surface area contributed by atoms with Gasteiger partial charge in [0.05, 0.1) is 0 Å². The summed E-state index contributed by atoms with van der Waals surface area (Å²) in [5.41, 5.74) is 0.362. The molecule has 0 N–H and O–H groups in total. The molecule has 0 heterocycles. The van der Waals surface area contributed by atoms with Gasteiger partial charge >= 0.3 is 0 Å². The summed E-state index contributed by atoms with van der Waals surface area (Å²) in [6.45, 7) is 22.0. The van der Waals surface area contributed by atoms with E-state index in [-0.39, 0.29) is 32.7 Å². The molecular weight excluding hydrogens is 259 g/mol. The normalized spacial score (nSPS) is 8.60. The fraction of sp³-hybridized carbons (Fsp3) is 0.769. The minimum Gasteiger partial charge on any atom is -0.461 e. The van der Waals surface area contributed by atoms with E-state index in [2.05, 4.69) is 53.3 Å². The fourth-order valence-corrected chi connectivity index (χ4v) is 0.338. The van der Waals surface area contributed by atoms with Gasteiger partial charge in [0.1, 0.15) is 0 Å². The van der Waals surface area contributed by atoms with Crippen molar-refractivity contribution in [1.29, 1.82) is 0 Å². The zero-order chi connectivity index (χ0) is 12.2. The van der Waals surface area contributed by atoms with Crippen LogP contribution in [0.3, 0.4) is 0 Å². The maximum Gasteiger partial charge on any atom is 0 e. The topological polar surface area (TPSA) is 12.4 Å². The second-order valence-corrected chi connectivity index (χ2v) is 4.63. The maximum absolute atomic E-state index is 3.65. The number of aliphatic imine (C=N–C) groups is 1. The average molecular weight is 288 g/mol. The molecule has 0 amide bonds. The molecule has 0 spiro atoms. The van der Waals surface area contributed by atoms with Gasteiger partial charge in [0.15, 0.2) is 0 Å². The Kier molecular flexibility index (Phi) is 28.1. The Morgan fingerprint density at radius 2 is 1.40 bits per heavy atom. The SMILES string of the molecule is C=N[CH-]CC(C)(C)C.CC.C[C-](C)C.[Y]. The van der Waals surface area contributed by atoms with Crippen LogP contribution in [0.15, 0.2) is 4.99 Å². The summed E-state index contributed by atoms with van der Waals surface area (Å²) in [5.74, 6) is 1.42. The van der Waals surface area contributed by atoms with Gasteiger partial charge in [-0.05, 0) is 5.41 Å². The van der Waals surface area contributed by atoms with Crippen LogP contribution in [0.1, 0.15) is 61.8 Å². The first kappa shape index (κ1) is 24.7. The molecule has 91 valence electrons. The third kappa shape index (κ3) is 73.5. The largest absolute Gasteiger partial charge is 0.461 e. The fourth-order valence-electron chi connectivity index (χ4n) is 0.338. The number of hydrogen-bond acceptors (Lipinski definition) is 1. The van der Waals surface area contributed by atoms with Crippen molar-refractivity contribution in [3.05, 3.63) is 12.5 Å². The van der Waals surface area contributed by atoms with E-state index in [1.165, 1.54) is 5.92 Å². The van der Waals surface area contributed by atoms with E-state index in [1.54, 1.807) is 0 Å². The number of nitrogens with zero attached hydrogens (tertiary/aromatic N) is 1. The standard InChI is InChI=1S/C7H14N.C4H9.C2H6.Y/c1-7(2,3)5-6-8-4;1-4(2)3;1-2;/h6H,4-5H2,1-3H3;1-3H3;1-2H3;/q2*-1;;.